The Balaban J connectivity index is -0.000000165. The van der Waals surface area contributed by atoms with Crippen molar-refractivity contribution in [3.05, 3.63) is 0 Å². The molecule has 0 fully saturated rings. The molecule has 0 rings (SSSR count). The van der Waals surface area contributed by atoms with Crippen LogP contribution in [0.3, 0.4) is 0 Å². The summed E-state index contributed by atoms with van der Waals surface area (Å²) in [7, 11) is -3.21. The Morgan fingerprint density at radius 1 is 0.842 bits per heavy atom. The van der Waals surface area contributed by atoms with Crippen LogP contribution in [0.5, 0.6) is 0 Å². The summed E-state index contributed by atoms with van der Waals surface area (Å²) >= 11 is 0. The number of hydrogen-bond acceptors (Lipinski definition) is 3. The maximum atomic E-state index is 8.52. The SMILES string of the molecule is CCCCP(CCCC)CCCC.O.O=[PH]([O-])[O-].[Ca+2]. The summed E-state index contributed by atoms with van der Waals surface area (Å²) in [4.78, 5) is 17.0. The van der Waals surface area contributed by atoms with E-state index in [1.165, 1.54) is 38.5 Å². The van der Waals surface area contributed by atoms with Crippen molar-refractivity contribution in [1.29, 1.82) is 0 Å². The van der Waals surface area contributed by atoms with E-state index in [1.54, 1.807) is 18.5 Å². The fraction of sp³-hybridized carbons (Fsp3) is 1.00. The molecule has 0 heterocycles. The number of rotatable bonds is 9. The first kappa shape index (κ1) is 28.9. The molecule has 0 saturated carbocycles. The fourth-order valence-corrected chi connectivity index (χ4v) is 4.44. The predicted molar refractivity (Wildman–Crippen MR) is 84.6 cm³/mol. The van der Waals surface area contributed by atoms with Gasteiger partial charge >= 0.3 is 37.7 Å². The molecule has 19 heavy (non-hydrogen) atoms. The zero-order chi connectivity index (χ0) is 13.5. The van der Waals surface area contributed by atoms with Crippen LogP contribution in [0.2, 0.25) is 0 Å². The predicted octanol–water partition coefficient (Wildman–Crippen LogP) is 1.76. The molecule has 0 aromatic carbocycles. The van der Waals surface area contributed by atoms with Crippen molar-refractivity contribution >= 4 is 53.9 Å². The molecule has 7 heteroatoms. The van der Waals surface area contributed by atoms with Crippen LogP contribution in [0, 0.1) is 0 Å². The molecule has 0 aliphatic rings. The van der Waals surface area contributed by atoms with E-state index in [9.17, 15) is 0 Å². The maximum Gasteiger partial charge on any atom is 2.00 e. The third kappa shape index (κ3) is 32.9. The van der Waals surface area contributed by atoms with Crippen LogP contribution < -0.4 is 9.79 Å². The molecule has 0 amide bonds. The number of hydrogen-bond donors (Lipinski definition) is 0. The zero-order valence-electron chi connectivity index (χ0n) is 12.7. The van der Waals surface area contributed by atoms with Gasteiger partial charge in [-0.2, -0.15) is 0 Å². The van der Waals surface area contributed by atoms with Gasteiger partial charge < -0.3 is 19.8 Å². The van der Waals surface area contributed by atoms with Gasteiger partial charge in [0, 0.05) is 0 Å². The van der Waals surface area contributed by atoms with E-state index in [0.29, 0.717) is 7.92 Å². The van der Waals surface area contributed by atoms with E-state index in [1.807, 2.05) is 0 Å². The Morgan fingerprint density at radius 3 is 1.21 bits per heavy atom. The molecular weight excluding hydrogens is 310 g/mol. The first-order valence-corrected chi connectivity index (χ1v) is 9.80. The van der Waals surface area contributed by atoms with Crippen LogP contribution in [0.15, 0.2) is 0 Å². The van der Waals surface area contributed by atoms with Gasteiger partial charge in [0.25, 0.3) is 0 Å². The number of unbranched alkanes of at least 4 members (excludes halogenated alkanes) is 3. The van der Waals surface area contributed by atoms with E-state index in [0.717, 1.165) is 0 Å². The summed E-state index contributed by atoms with van der Waals surface area (Å²) in [5, 5.41) is 0. The standard InChI is InChI=1S/C12H27P.Ca.H3O3P.H2O/c1-4-7-10-13(11-8-5-2)12-9-6-3;;1-4(2)3;/h4-12H2,1-3H3;;4H,(H2,1,2,3);1H2/q;+2;;/p-2. The van der Waals surface area contributed by atoms with Gasteiger partial charge in [0.05, 0.1) is 0 Å². The van der Waals surface area contributed by atoms with E-state index in [4.69, 9.17) is 14.4 Å². The molecule has 0 radical (unpaired) electrons. The molecule has 0 aliphatic heterocycles. The molecule has 0 aromatic heterocycles. The fourth-order valence-electron chi connectivity index (χ4n) is 1.48. The minimum absolute atomic E-state index is 0. The Hall–Kier alpha value is 1.80. The summed E-state index contributed by atoms with van der Waals surface area (Å²) in [5.41, 5.74) is 0. The molecule has 2 N–H and O–H groups in total. The smallest absolute Gasteiger partial charge is 0.813 e. The van der Waals surface area contributed by atoms with Crippen LogP contribution >= 0.6 is 16.2 Å². The van der Waals surface area contributed by atoms with E-state index < -0.39 is 8.25 Å². The molecule has 0 spiro atoms. The van der Waals surface area contributed by atoms with Crippen LogP contribution in [-0.4, -0.2) is 61.7 Å². The van der Waals surface area contributed by atoms with Crippen molar-refractivity contribution in [2.45, 2.75) is 59.3 Å². The van der Waals surface area contributed by atoms with Crippen LogP contribution in [-0.2, 0) is 4.57 Å². The summed E-state index contributed by atoms with van der Waals surface area (Å²) in [6.07, 6.45) is 13.2. The first-order chi connectivity index (χ1) is 8.08. The van der Waals surface area contributed by atoms with Gasteiger partial charge in [0.15, 0.2) is 0 Å². The largest absolute Gasteiger partial charge is 2.00 e. The molecule has 0 aromatic rings. The van der Waals surface area contributed by atoms with Gasteiger partial charge in [0.1, 0.15) is 0 Å². The maximum absolute atomic E-state index is 8.52. The van der Waals surface area contributed by atoms with Crippen molar-refractivity contribution in [3.8, 4) is 0 Å². The van der Waals surface area contributed by atoms with E-state index >= 15 is 0 Å². The monoisotopic (exact) mass is 340 g/mol. The van der Waals surface area contributed by atoms with E-state index in [-0.39, 0.29) is 43.2 Å². The van der Waals surface area contributed by atoms with Crippen LogP contribution in [0.25, 0.3) is 0 Å². The molecule has 0 unspecified atom stereocenters. The quantitative estimate of drug-likeness (QED) is 0.473. The average Bonchev–Trinajstić information content (AvgIpc) is 2.27. The third-order valence-electron chi connectivity index (χ3n) is 2.48. The van der Waals surface area contributed by atoms with Crippen molar-refractivity contribution in [1.82, 2.24) is 0 Å². The van der Waals surface area contributed by atoms with Gasteiger partial charge in [-0.15, -0.1) is 7.92 Å². The van der Waals surface area contributed by atoms with Crippen molar-refractivity contribution in [3.63, 3.8) is 0 Å². The second-order valence-corrected chi connectivity index (χ2v) is 7.34. The van der Waals surface area contributed by atoms with Gasteiger partial charge in [-0.3, -0.25) is 0 Å². The van der Waals surface area contributed by atoms with Crippen LogP contribution in [0.1, 0.15) is 59.3 Å². The van der Waals surface area contributed by atoms with Gasteiger partial charge in [-0.05, 0) is 37.7 Å². The Labute approximate surface area is 150 Å². The topological polar surface area (TPSA) is 94.7 Å². The normalized spacial score (nSPS) is 9.42. The van der Waals surface area contributed by atoms with Gasteiger partial charge in [0.2, 0.25) is 0 Å². The molecule has 4 nitrogen and oxygen atoms in total. The summed E-state index contributed by atoms with van der Waals surface area (Å²) in [6, 6.07) is 0. The minimum atomic E-state index is -3.63. The Kier molecular flexibility index (Phi) is 37.7. The molecular formula is C12H30CaO4P2. The third-order valence-corrected chi connectivity index (χ3v) is 5.33. The zero-order valence-corrected chi connectivity index (χ0v) is 16.8. The average molecular weight is 340 g/mol. The van der Waals surface area contributed by atoms with Crippen molar-refractivity contribution in [2.24, 2.45) is 0 Å². The Morgan fingerprint density at radius 2 is 1.05 bits per heavy atom. The minimum Gasteiger partial charge on any atom is -0.813 e. The molecule has 0 bridgehead atoms. The first-order valence-electron chi connectivity index (χ1n) is 6.68. The van der Waals surface area contributed by atoms with Gasteiger partial charge in [-0.1, -0.05) is 48.3 Å². The molecule has 0 saturated heterocycles. The van der Waals surface area contributed by atoms with Crippen molar-refractivity contribution in [2.75, 3.05) is 18.5 Å². The second kappa shape index (κ2) is 24.8. The molecule has 0 atom stereocenters. The molecule has 114 valence electrons. The Bertz CT molecular complexity index is 151. The van der Waals surface area contributed by atoms with Gasteiger partial charge in [-0.25, -0.2) is 0 Å². The summed E-state index contributed by atoms with van der Waals surface area (Å²) < 4.78 is 8.52. The summed E-state index contributed by atoms with van der Waals surface area (Å²) in [5.74, 6) is 0. The molecule has 0 aliphatic carbocycles. The van der Waals surface area contributed by atoms with Crippen LogP contribution in [0.4, 0.5) is 0 Å². The second-order valence-electron chi connectivity index (χ2n) is 4.15. The van der Waals surface area contributed by atoms with E-state index in [2.05, 4.69) is 20.8 Å². The van der Waals surface area contributed by atoms with Crippen molar-refractivity contribution < 1.29 is 19.8 Å². The summed E-state index contributed by atoms with van der Waals surface area (Å²) in [6.45, 7) is 6.94.